The minimum atomic E-state index is -0.451. The Kier molecular flexibility index (Phi) is 4.66. The molecule has 1 unspecified atom stereocenters. The topological polar surface area (TPSA) is 85.4 Å². The Balaban J connectivity index is 1.34. The quantitative estimate of drug-likeness (QED) is 0.623. The van der Waals surface area contributed by atoms with Crippen LogP contribution >= 0.6 is 0 Å². The van der Waals surface area contributed by atoms with Crippen molar-refractivity contribution in [1.29, 1.82) is 0 Å². The number of furan rings is 2. The lowest BCUT2D eigenvalue weighted by Crippen LogP contribution is -2.36. The van der Waals surface area contributed by atoms with Gasteiger partial charge in [-0.3, -0.25) is 9.59 Å². The summed E-state index contributed by atoms with van der Waals surface area (Å²) in [7, 11) is 0. The highest BCUT2D eigenvalue weighted by Crippen LogP contribution is 2.37. The summed E-state index contributed by atoms with van der Waals surface area (Å²) in [6.07, 6.45) is 3.30. The maximum absolute atomic E-state index is 13.3. The normalized spacial score (nSPS) is 17.5. The third kappa shape index (κ3) is 3.52. The number of ether oxygens (including phenoxy) is 2. The van der Waals surface area contributed by atoms with Gasteiger partial charge in [-0.05, 0) is 36.4 Å². The van der Waals surface area contributed by atoms with Gasteiger partial charge in [0.25, 0.3) is 0 Å². The number of amides is 2. The molecule has 0 spiro atoms. The number of fused-ring (bicyclic) bond motifs is 1. The van der Waals surface area contributed by atoms with Crippen LogP contribution in [0.5, 0.6) is 11.5 Å². The van der Waals surface area contributed by atoms with E-state index in [1.807, 2.05) is 18.2 Å². The fourth-order valence-electron chi connectivity index (χ4n) is 3.83. The second-order valence-corrected chi connectivity index (χ2v) is 7.30. The van der Waals surface area contributed by atoms with E-state index < -0.39 is 5.92 Å². The Hall–Kier alpha value is -3.68. The monoisotopic (exact) mass is 408 g/mol. The zero-order valence-electron chi connectivity index (χ0n) is 16.2. The molecular weight excluding hydrogens is 388 g/mol. The number of nitrogens with zero attached hydrogens (tertiary/aromatic N) is 2. The predicted octanol–water partition coefficient (Wildman–Crippen LogP) is 3.18. The van der Waals surface area contributed by atoms with Crippen molar-refractivity contribution in [1.82, 2.24) is 4.90 Å². The van der Waals surface area contributed by atoms with Crippen molar-refractivity contribution in [2.24, 2.45) is 5.92 Å². The van der Waals surface area contributed by atoms with Crippen molar-refractivity contribution in [3.8, 4) is 11.5 Å². The van der Waals surface area contributed by atoms with Gasteiger partial charge in [-0.25, -0.2) is 0 Å². The van der Waals surface area contributed by atoms with E-state index in [0.717, 1.165) is 0 Å². The van der Waals surface area contributed by atoms with Crippen LogP contribution < -0.4 is 14.4 Å². The summed E-state index contributed by atoms with van der Waals surface area (Å²) in [5, 5.41) is 0. The molecule has 5 rings (SSSR count). The summed E-state index contributed by atoms with van der Waals surface area (Å²) >= 11 is 0. The minimum Gasteiger partial charge on any atom is -0.467 e. The summed E-state index contributed by atoms with van der Waals surface area (Å²) < 4.78 is 21.6. The van der Waals surface area contributed by atoms with Crippen LogP contribution in [-0.4, -0.2) is 30.1 Å². The molecule has 3 aromatic rings. The standard InChI is InChI=1S/C22H20N2O6/c25-21-9-15(11-24(21)16-5-6-19-20(10-16)30-14-29-19)22(26)23(12-17-3-1-7-27-17)13-18-4-2-8-28-18/h1-8,10,15H,9,11-14H2. The highest BCUT2D eigenvalue weighted by molar-refractivity contribution is 6.00. The van der Waals surface area contributed by atoms with E-state index in [2.05, 4.69) is 0 Å². The molecule has 1 atom stereocenters. The van der Waals surface area contributed by atoms with Crippen molar-refractivity contribution < 1.29 is 27.9 Å². The molecule has 0 bridgehead atoms. The fraction of sp³-hybridized carbons (Fsp3) is 0.273. The Morgan fingerprint density at radius 1 is 1.00 bits per heavy atom. The molecule has 30 heavy (non-hydrogen) atoms. The Morgan fingerprint density at radius 3 is 2.37 bits per heavy atom. The average Bonchev–Trinajstić information content (AvgIpc) is 3.54. The van der Waals surface area contributed by atoms with Gasteiger partial charge in [-0.2, -0.15) is 0 Å². The van der Waals surface area contributed by atoms with Gasteiger partial charge >= 0.3 is 0 Å². The number of hydrogen-bond acceptors (Lipinski definition) is 6. The molecule has 1 saturated heterocycles. The van der Waals surface area contributed by atoms with Crippen LogP contribution in [0.1, 0.15) is 17.9 Å². The Labute approximate surface area is 172 Å². The van der Waals surface area contributed by atoms with E-state index in [1.54, 1.807) is 46.6 Å². The molecule has 1 fully saturated rings. The van der Waals surface area contributed by atoms with E-state index in [-0.39, 0.29) is 25.0 Å². The molecule has 154 valence electrons. The summed E-state index contributed by atoms with van der Waals surface area (Å²) in [6.45, 7) is 1.09. The van der Waals surface area contributed by atoms with Crippen LogP contribution in [0.25, 0.3) is 0 Å². The zero-order chi connectivity index (χ0) is 20.5. The smallest absolute Gasteiger partial charge is 0.231 e. The first-order chi connectivity index (χ1) is 14.7. The van der Waals surface area contributed by atoms with Crippen LogP contribution in [0, 0.1) is 5.92 Å². The van der Waals surface area contributed by atoms with Crippen molar-refractivity contribution in [3.05, 3.63) is 66.5 Å². The molecule has 2 aliphatic rings. The minimum absolute atomic E-state index is 0.0943. The van der Waals surface area contributed by atoms with Gasteiger partial charge in [-0.15, -0.1) is 0 Å². The summed E-state index contributed by atoms with van der Waals surface area (Å²) in [6, 6.07) is 12.6. The van der Waals surface area contributed by atoms with Crippen LogP contribution in [0.2, 0.25) is 0 Å². The third-order valence-corrected chi connectivity index (χ3v) is 5.31. The second kappa shape index (κ2) is 7.62. The van der Waals surface area contributed by atoms with Crippen molar-refractivity contribution in [2.75, 3.05) is 18.2 Å². The van der Waals surface area contributed by atoms with Crippen molar-refractivity contribution in [2.45, 2.75) is 19.5 Å². The molecule has 0 saturated carbocycles. The largest absolute Gasteiger partial charge is 0.467 e. The molecule has 8 heteroatoms. The number of carbonyl (C=O) groups is 2. The first-order valence-electron chi connectivity index (χ1n) is 9.71. The average molecular weight is 408 g/mol. The molecule has 8 nitrogen and oxygen atoms in total. The lowest BCUT2D eigenvalue weighted by Gasteiger charge is -2.24. The highest BCUT2D eigenvalue weighted by atomic mass is 16.7. The summed E-state index contributed by atoms with van der Waals surface area (Å²) in [5.41, 5.74) is 0.697. The van der Waals surface area contributed by atoms with E-state index >= 15 is 0 Å². The van der Waals surface area contributed by atoms with Crippen LogP contribution in [-0.2, 0) is 22.7 Å². The molecule has 4 heterocycles. The van der Waals surface area contributed by atoms with Gasteiger partial charge in [-0.1, -0.05) is 0 Å². The fourth-order valence-corrected chi connectivity index (χ4v) is 3.83. The third-order valence-electron chi connectivity index (χ3n) is 5.31. The zero-order valence-corrected chi connectivity index (χ0v) is 16.2. The Morgan fingerprint density at radius 2 is 1.70 bits per heavy atom. The molecular formula is C22H20N2O6. The lowest BCUT2D eigenvalue weighted by molar-refractivity contribution is -0.137. The van der Waals surface area contributed by atoms with Crippen LogP contribution in [0.4, 0.5) is 5.69 Å². The van der Waals surface area contributed by atoms with Gasteiger partial charge in [0.1, 0.15) is 11.5 Å². The van der Waals surface area contributed by atoms with Crippen molar-refractivity contribution in [3.63, 3.8) is 0 Å². The number of benzene rings is 1. The van der Waals surface area contributed by atoms with E-state index in [4.69, 9.17) is 18.3 Å². The number of anilines is 1. The van der Waals surface area contributed by atoms with Gasteiger partial charge in [0.05, 0.1) is 31.5 Å². The highest BCUT2D eigenvalue weighted by Gasteiger charge is 2.38. The molecule has 1 aromatic carbocycles. The summed E-state index contributed by atoms with van der Waals surface area (Å²) in [4.78, 5) is 29.3. The van der Waals surface area contributed by atoms with Crippen LogP contribution in [0.15, 0.2) is 63.8 Å². The SMILES string of the molecule is O=C(C1CC(=O)N(c2ccc3c(c2)OCO3)C1)N(Cc1ccco1)Cc1ccco1. The predicted molar refractivity (Wildman–Crippen MR) is 105 cm³/mol. The van der Waals surface area contributed by atoms with Gasteiger partial charge in [0.2, 0.25) is 18.6 Å². The Bertz CT molecular complexity index is 1010. The van der Waals surface area contributed by atoms with E-state index in [1.165, 1.54) is 0 Å². The number of rotatable bonds is 6. The van der Waals surface area contributed by atoms with E-state index in [9.17, 15) is 9.59 Å². The molecule has 2 aliphatic heterocycles. The summed E-state index contributed by atoms with van der Waals surface area (Å²) in [5.74, 6) is 1.95. The second-order valence-electron chi connectivity index (χ2n) is 7.30. The molecule has 2 aromatic heterocycles. The first-order valence-corrected chi connectivity index (χ1v) is 9.71. The lowest BCUT2D eigenvalue weighted by atomic mass is 10.1. The maximum atomic E-state index is 13.3. The molecule has 2 amide bonds. The van der Waals surface area contributed by atoms with Gasteiger partial charge in [0, 0.05) is 24.7 Å². The number of hydrogen-bond donors (Lipinski definition) is 0. The molecule has 0 N–H and O–H groups in total. The number of carbonyl (C=O) groups excluding carboxylic acids is 2. The van der Waals surface area contributed by atoms with Crippen LogP contribution in [0.3, 0.4) is 0 Å². The molecule has 0 radical (unpaired) electrons. The maximum Gasteiger partial charge on any atom is 0.231 e. The van der Waals surface area contributed by atoms with Crippen molar-refractivity contribution >= 4 is 17.5 Å². The van der Waals surface area contributed by atoms with E-state index in [0.29, 0.717) is 48.3 Å². The van der Waals surface area contributed by atoms with Gasteiger partial charge in [0.15, 0.2) is 11.5 Å². The van der Waals surface area contributed by atoms with Gasteiger partial charge < -0.3 is 28.1 Å². The first kappa shape index (κ1) is 18.4. The molecule has 0 aliphatic carbocycles.